The zero-order valence-corrected chi connectivity index (χ0v) is 7.69. The summed E-state index contributed by atoms with van der Waals surface area (Å²) < 4.78 is 4.99. The molecule has 0 rings (SSSR count). The highest BCUT2D eigenvalue weighted by Gasteiger charge is 2.12. The lowest BCUT2D eigenvalue weighted by Crippen LogP contribution is -2.44. The molecule has 1 atom stereocenters. The third-order valence-corrected chi connectivity index (χ3v) is 1.10. The minimum Gasteiger partial charge on any atom is -0.383 e. The van der Waals surface area contributed by atoms with Crippen molar-refractivity contribution >= 4 is 0 Å². The van der Waals surface area contributed by atoms with Crippen molar-refractivity contribution < 1.29 is 4.74 Å². The van der Waals surface area contributed by atoms with Gasteiger partial charge in [-0.3, -0.25) is 0 Å². The van der Waals surface area contributed by atoms with Crippen LogP contribution in [0, 0.1) is 0 Å². The number of methoxy groups -OCH3 is 1. The highest BCUT2D eigenvalue weighted by Crippen LogP contribution is 2.00. The van der Waals surface area contributed by atoms with Crippen LogP contribution in [0.1, 0.15) is 27.7 Å². The smallest absolute Gasteiger partial charge is 0.0613 e. The first-order chi connectivity index (χ1) is 4.45. The summed E-state index contributed by atoms with van der Waals surface area (Å²) in [5, 5.41) is 3.40. The average Bonchev–Trinajstić information content (AvgIpc) is 1.59. The summed E-state index contributed by atoms with van der Waals surface area (Å²) in [6.45, 7) is 9.35. The van der Waals surface area contributed by atoms with Crippen molar-refractivity contribution in [3.63, 3.8) is 0 Å². The van der Waals surface area contributed by atoms with Crippen molar-refractivity contribution in [2.75, 3.05) is 13.7 Å². The Labute approximate surface area is 64.0 Å². The summed E-state index contributed by atoms with van der Waals surface area (Å²) in [5.74, 6) is 0. The van der Waals surface area contributed by atoms with Gasteiger partial charge in [0.1, 0.15) is 0 Å². The zero-order chi connectivity index (χ0) is 8.20. The predicted molar refractivity (Wildman–Crippen MR) is 44.2 cm³/mol. The highest BCUT2D eigenvalue weighted by atomic mass is 16.5. The van der Waals surface area contributed by atoms with Gasteiger partial charge in [-0.15, -0.1) is 0 Å². The van der Waals surface area contributed by atoms with Gasteiger partial charge in [0.2, 0.25) is 0 Å². The Morgan fingerprint density at radius 1 is 1.40 bits per heavy atom. The van der Waals surface area contributed by atoms with E-state index in [0.29, 0.717) is 6.04 Å². The molecule has 2 heteroatoms. The second-order valence-corrected chi connectivity index (χ2v) is 3.75. The first kappa shape index (κ1) is 9.92. The SMILES string of the molecule is COCC(C)NC(C)(C)C. The van der Waals surface area contributed by atoms with E-state index in [2.05, 4.69) is 33.0 Å². The quantitative estimate of drug-likeness (QED) is 0.648. The molecule has 0 aromatic heterocycles. The molecule has 0 aromatic carbocycles. The highest BCUT2D eigenvalue weighted by molar-refractivity contribution is 4.74. The molecule has 0 aliphatic heterocycles. The van der Waals surface area contributed by atoms with Crippen molar-refractivity contribution in [3.05, 3.63) is 0 Å². The van der Waals surface area contributed by atoms with Gasteiger partial charge in [0.25, 0.3) is 0 Å². The molecular formula is C8H19NO. The molecule has 0 aliphatic carbocycles. The number of rotatable bonds is 3. The van der Waals surface area contributed by atoms with Crippen LogP contribution in [0.5, 0.6) is 0 Å². The van der Waals surface area contributed by atoms with E-state index in [1.807, 2.05) is 0 Å². The first-order valence-corrected chi connectivity index (χ1v) is 3.72. The number of hydrogen-bond donors (Lipinski definition) is 1. The van der Waals surface area contributed by atoms with Gasteiger partial charge >= 0.3 is 0 Å². The average molecular weight is 145 g/mol. The summed E-state index contributed by atoms with van der Waals surface area (Å²) in [5.41, 5.74) is 0.192. The van der Waals surface area contributed by atoms with Gasteiger partial charge in [-0.2, -0.15) is 0 Å². The molecule has 0 aromatic rings. The fraction of sp³-hybridized carbons (Fsp3) is 1.00. The first-order valence-electron chi connectivity index (χ1n) is 3.72. The minimum absolute atomic E-state index is 0.192. The van der Waals surface area contributed by atoms with E-state index in [1.165, 1.54) is 0 Å². The van der Waals surface area contributed by atoms with E-state index < -0.39 is 0 Å². The van der Waals surface area contributed by atoms with Crippen molar-refractivity contribution in [1.29, 1.82) is 0 Å². The summed E-state index contributed by atoms with van der Waals surface area (Å²) >= 11 is 0. The molecule has 0 bridgehead atoms. The predicted octanol–water partition coefficient (Wildman–Crippen LogP) is 1.41. The van der Waals surface area contributed by atoms with Crippen molar-refractivity contribution in [1.82, 2.24) is 5.32 Å². The van der Waals surface area contributed by atoms with E-state index in [9.17, 15) is 0 Å². The summed E-state index contributed by atoms with van der Waals surface area (Å²) in [6, 6.07) is 0.435. The molecule has 10 heavy (non-hydrogen) atoms. The van der Waals surface area contributed by atoms with Gasteiger partial charge in [-0.25, -0.2) is 0 Å². The van der Waals surface area contributed by atoms with Gasteiger partial charge < -0.3 is 10.1 Å². The molecular weight excluding hydrogens is 126 g/mol. The van der Waals surface area contributed by atoms with Gasteiger partial charge in [0.05, 0.1) is 6.61 Å². The van der Waals surface area contributed by atoms with Crippen molar-refractivity contribution in [2.24, 2.45) is 0 Å². The summed E-state index contributed by atoms with van der Waals surface area (Å²) in [4.78, 5) is 0. The molecule has 0 amide bonds. The Hall–Kier alpha value is -0.0800. The van der Waals surface area contributed by atoms with Crippen LogP contribution in [0.3, 0.4) is 0 Å². The van der Waals surface area contributed by atoms with Crippen LogP contribution >= 0.6 is 0 Å². The van der Waals surface area contributed by atoms with Gasteiger partial charge in [0.15, 0.2) is 0 Å². The fourth-order valence-corrected chi connectivity index (χ4v) is 1.03. The van der Waals surface area contributed by atoms with E-state index in [-0.39, 0.29) is 5.54 Å². The fourth-order valence-electron chi connectivity index (χ4n) is 1.03. The molecule has 0 radical (unpaired) electrons. The van der Waals surface area contributed by atoms with E-state index >= 15 is 0 Å². The molecule has 0 heterocycles. The molecule has 0 spiro atoms. The van der Waals surface area contributed by atoms with Crippen LogP contribution in [0.25, 0.3) is 0 Å². The molecule has 0 aliphatic rings. The normalized spacial score (nSPS) is 15.3. The van der Waals surface area contributed by atoms with Crippen LogP contribution in [0.2, 0.25) is 0 Å². The van der Waals surface area contributed by atoms with Crippen LogP contribution < -0.4 is 5.32 Å². The molecule has 62 valence electrons. The molecule has 2 nitrogen and oxygen atoms in total. The van der Waals surface area contributed by atoms with Crippen LogP contribution in [0.15, 0.2) is 0 Å². The maximum Gasteiger partial charge on any atom is 0.0613 e. The van der Waals surface area contributed by atoms with Gasteiger partial charge in [0, 0.05) is 18.7 Å². The number of hydrogen-bond acceptors (Lipinski definition) is 2. The maximum atomic E-state index is 4.99. The lowest BCUT2D eigenvalue weighted by Gasteiger charge is -2.25. The molecule has 0 saturated carbocycles. The third-order valence-electron chi connectivity index (χ3n) is 1.10. The molecule has 1 N–H and O–H groups in total. The zero-order valence-electron chi connectivity index (χ0n) is 7.69. The Bertz CT molecular complexity index is 85.7. The lowest BCUT2D eigenvalue weighted by atomic mass is 10.1. The van der Waals surface area contributed by atoms with Crippen molar-refractivity contribution in [3.8, 4) is 0 Å². The van der Waals surface area contributed by atoms with Crippen molar-refractivity contribution in [2.45, 2.75) is 39.3 Å². The van der Waals surface area contributed by atoms with E-state index in [0.717, 1.165) is 6.61 Å². The second kappa shape index (κ2) is 3.94. The van der Waals surface area contributed by atoms with E-state index in [1.54, 1.807) is 7.11 Å². The Morgan fingerprint density at radius 3 is 2.20 bits per heavy atom. The topological polar surface area (TPSA) is 21.3 Å². The number of nitrogens with one attached hydrogen (secondary N) is 1. The molecule has 0 fully saturated rings. The monoisotopic (exact) mass is 145 g/mol. The maximum absolute atomic E-state index is 4.99. The number of ether oxygens (including phenoxy) is 1. The third kappa shape index (κ3) is 6.05. The summed E-state index contributed by atoms with van der Waals surface area (Å²) in [6.07, 6.45) is 0. The molecule has 0 saturated heterocycles. The Kier molecular flexibility index (Phi) is 3.91. The van der Waals surface area contributed by atoms with Gasteiger partial charge in [-0.1, -0.05) is 0 Å². The van der Waals surface area contributed by atoms with Crippen LogP contribution in [-0.2, 0) is 4.74 Å². The second-order valence-electron chi connectivity index (χ2n) is 3.75. The Balaban J connectivity index is 3.47. The van der Waals surface area contributed by atoms with E-state index in [4.69, 9.17) is 4.74 Å². The largest absolute Gasteiger partial charge is 0.383 e. The van der Waals surface area contributed by atoms with Crippen LogP contribution in [0.4, 0.5) is 0 Å². The lowest BCUT2D eigenvalue weighted by molar-refractivity contribution is 0.159. The minimum atomic E-state index is 0.192. The van der Waals surface area contributed by atoms with Gasteiger partial charge in [-0.05, 0) is 27.7 Å². The van der Waals surface area contributed by atoms with Crippen LogP contribution in [-0.4, -0.2) is 25.3 Å². The molecule has 1 unspecified atom stereocenters. The standard InChI is InChI=1S/C8H19NO/c1-7(6-10-5)9-8(2,3)4/h7,9H,6H2,1-5H3. The Morgan fingerprint density at radius 2 is 1.90 bits per heavy atom. The summed E-state index contributed by atoms with van der Waals surface area (Å²) in [7, 11) is 1.72.